The Morgan fingerprint density at radius 2 is 1.74 bits per heavy atom. The van der Waals surface area contributed by atoms with Crippen LogP contribution in [0.15, 0.2) is 94.8 Å². The highest BCUT2D eigenvalue weighted by molar-refractivity contribution is 8.09. The van der Waals surface area contributed by atoms with Crippen molar-refractivity contribution < 1.29 is 8.78 Å². The summed E-state index contributed by atoms with van der Waals surface area (Å²) in [4.78, 5) is 8.74. The predicted octanol–water partition coefficient (Wildman–Crippen LogP) is 8.14. The lowest BCUT2D eigenvalue weighted by atomic mass is 10.0. The van der Waals surface area contributed by atoms with Gasteiger partial charge in [0.05, 0.1) is 11.4 Å². The maximum atomic E-state index is 14.2. The molecule has 5 unspecified atom stereocenters. The van der Waals surface area contributed by atoms with Crippen molar-refractivity contribution in [1.82, 2.24) is 10.2 Å². The van der Waals surface area contributed by atoms with Gasteiger partial charge in [-0.25, -0.2) is 8.78 Å². The molecule has 2 aliphatic carbocycles. The van der Waals surface area contributed by atoms with E-state index in [1.54, 1.807) is 6.92 Å². The summed E-state index contributed by atoms with van der Waals surface area (Å²) in [5.41, 5.74) is 7.96. The van der Waals surface area contributed by atoms with E-state index in [2.05, 4.69) is 71.0 Å². The molecule has 6 heteroatoms. The van der Waals surface area contributed by atoms with Gasteiger partial charge in [0.2, 0.25) is 0 Å². The Hall–Kier alpha value is -3.12. The summed E-state index contributed by atoms with van der Waals surface area (Å²) in [6.07, 6.45) is 8.62. The topological polar surface area (TPSA) is 27.6 Å². The number of hydrogen-bond acceptors (Lipinski definition) is 4. The molecule has 1 N–H and O–H groups in total. The minimum Gasteiger partial charge on any atom is -0.368 e. The van der Waals surface area contributed by atoms with Gasteiger partial charge in [-0.2, -0.15) is 0 Å². The molecular formula is C33H33F2N3S. The number of aliphatic imine (C=N–C) groups is 1. The van der Waals surface area contributed by atoms with Gasteiger partial charge >= 0.3 is 0 Å². The number of halogens is 2. The van der Waals surface area contributed by atoms with E-state index in [0.717, 1.165) is 41.1 Å². The third-order valence-corrected chi connectivity index (χ3v) is 10.1. The molecule has 0 bridgehead atoms. The normalized spacial score (nSPS) is 28.9. The molecule has 0 saturated heterocycles. The van der Waals surface area contributed by atoms with Gasteiger partial charge < -0.3 is 10.2 Å². The molecule has 39 heavy (non-hydrogen) atoms. The van der Waals surface area contributed by atoms with Crippen molar-refractivity contribution in [3.8, 4) is 11.1 Å². The lowest BCUT2D eigenvalue weighted by Crippen LogP contribution is -2.32. The molecule has 3 heterocycles. The third-order valence-electron chi connectivity index (χ3n) is 8.60. The first-order chi connectivity index (χ1) is 19.0. The molecule has 2 aromatic rings. The average Bonchev–Trinajstić information content (AvgIpc) is 3.85. The van der Waals surface area contributed by atoms with Gasteiger partial charge in [-0.15, -0.1) is 11.8 Å². The van der Waals surface area contributed by atoms with Gasteiger partial charge in [0.25, 0.3) is 0 Å². The highest BCUT2D eigenvalue weighted by atomic mass is 32.2. The second-order valence-electron chi connectivity index (χ2n) is 11.3. The van der Waals surface area contributed by atoms with Gasteiger partial charge in [-0.3, -0.25) is 4.99 Å². The lowest BCUT2D eigenvalue weighted by Gasteiger charge is -2.26. The fraction of sp³-hybridized carbons (Fsp3) is 0.364. The van der Waals surface area contributed by atoms with Gasteiger partial charge in [-0.1, -0.05) is 67.6 Å². The molecule has 0 amide bonds. The zero-order valence-corrected chi connectivity index (χ0v) is 23.1. The Balaban J connectivity index is 1.01. The zero-order chi connectivity index (χ0) is 26.7. The maximum Gasteiger partial charge on any atom is 0.141 e. The molecule has 5 aliphatic rings. The molecule has 0 radical (unpaired) electrons. The van der Waals surface area contributed by atoms with E-state index in [-0.39, 0.29) is 19.0 Å². The van der Waals surface area contributed by atoms with Gasteiger partial charge in [-0.05, 0) is 59.9 Å². The van der Waals surface area contributed by atoms with Crippen molar-refractivity contribution in [3.05, 3.63) is 101 Å². The predicted molar refractivity (Wildman–Crippen MR) is 157 cm³/mol. The van der Waals surface area contributed by atoms with Crippen LogP contribution in [0.5, 0.6) is 0 Å². The van der Waals surface area contributed by atoms with Gasteiger partial charge in [0.1, 0.15) is 17.8 Å². The van der Waals surface area contributed by atoms with Crippen LogP contribution in [-0.2, 0) is 6.54 Å². The van der Waals surface area contributed by atoms with Crippen LogP contribution >= 0.6 is 11.8 Å². The Bertz CT molecular complexity index is 1450. The smallest absolute Gasteiger partial charge is 0.141 e. The van der Waals surface area contributed by atoms with Crippen molar-refractivity contribution >= 4 is 22.4 Å². The molecule has 0 aromatic heterocycles. The van der Waals surface area contributed by atoms with E-state index in [0.29, 0.717) is 12.0 Å². The maximum absolute atomic E-state index is 14.2. The van der Waals surface area contributed by atoms with Crippen molar-refractivity contribution in [3.63, 3.8) is 0 Å². The number of nitrogens with zero attached hydrogens (tertiary/aromatic N) is 2. The molecule has 7 rings (SSSR count). The van der Waals surface area contributed by atoms with E-state index < -0.39 is 11.7 Å². The summed E-state index contributed by atoms with van der Waals surface area (Å²) in [5.74, 6) is -0.142. The number of nitrogens with one attached hydrogen (secondary N) is 1. The summed E-state index contributed by atoms with van der Waals surface area (Å²) in [6, 6.07) is 18.3. The second kappa shape index (κ2) is 9.81. The third kappa shape index (κ3) is 4.77. The number of rotatable bonds is 8. The Labute approximate surface area is 233 Å². The first-order valence-corrected chi connectivity index (χ1v) is 15.0. The second-order valence-corrected chi connectivity index (χ2v) is 12.5. The molecule has 2 saturated carbocycles. The number of hydrogen-bond donors (Lipinski definition) is 1. The number of benzene rings is 2. The Morgan fingerprint density at radius 3 is 2.41 bits per heavy atom. The zero-order valence-electron chi connectivity index (χ0n) is 22.3. The first-order valence-electron chi connectivity index (χ1n) is 14.1. The van der Waals surface area contributed by atoms with E-state index >= 15 is 0 Å². The molecule has 2 fully saturated rings. The van der Waals surface area contributed by atoms with Crippen LogP contribution in [0.1, 0.15) is 50.7 Å². The summed E-state index contributed by atoms with van der Waals surface area (Å²) in [5, 5.41) is 4.31. The van der Waals surface area contributed by atoms with Crippen LogP contribution in [-0.4, -0.2) is 28.1 Å². The van der Waals surface area contributed by atoms with Crippen LogP contribution in [0.3, 0.4) is 0 Å². The van der Waals surface area contributed by atoms with Gasteiger partial charge in [0, 0.05) is 41.3 Å². The van der Waals surface area contributed by atoms with Crippen LogP contribution in [0.2, 0.25) is 0 Å². The average molecular weight is 542 g/mol. The van der Waals surface area contributed by atoms with Crippen molar-refractivity contribution in [2.45, 2.75) is 63.5 Å². The minimum atomic E-state index is -0.691. The number of allylic oxidation sites excluding steroid dienone is 5. The quantitative estimate of drug-likeness (QED) is 0.342. The lowest BCUT2D eigenvalue weighted by molar-refractivity contribution is 0.343. The molecule has 200 valence electrons. The van der Waals surface area contributed by atoms with Crippen LogP contribution in [0, 0.1) is 11.8 Å². The first kappa shape index (κ1) is 24.9. The number of fused-ring (bicyclic) bond motifs is 4. The van der Waals surface area contributed by atoms with Crippen molar-refractivity contribution in [2.24, 2.45) is 16.8 Å². The van der Waals surface area contributed by atoms with Crippen molar-refractivity contribution in [2.75, 3.05) is 0 Å². The van der Waals surface area contributed by atoms with Crippen LogP contribution < -0.4 is 5.32 Å². The minimum absolute atomic E-state index is 0.0391. The Kier molecular flexibility index (Phi) is 6.26. The Morgan fingerprint density at radius 1 is 1.03 bits per heavy atom. The van der Waals surface area contributed by atoms with Gasteiger partial charge in [0.15, 0.2) is 0 Å². The molecule has 2 aromatic carbocycles. The summed E-state index contributed by atoms with van der Waals surface area (Å²) in [7, 11) is 0. The van der Waals surface area contributed by atoms with E-state index in [9.17, 15) is 8.78 Å². The van der Waals surface area contributed by atoms with Crippen LogP contribution in [0.4, 0.5) is 8.78 Å². The number of thioether (sulfide) groups is 1. The summed E-state index contributed by atoms with van der Waals surface area (Å²) in [6.45, 7) is 4.33. The van der Waals surface area contributed by atoms with E-state index in [1.165, 1.54) is 33.6 Å². The van der Waals surface area contributed by atoms with Crippen LogP contribution in [0.25, 0.3) is 16.0 Å². The van der Waals surface area contributed by atoms with E-state index in [1.807, 2.05) is 24.8 Å². The molecule has 3 nitrogen and oxygen atoms in total. The fourth-order valence-corrected chi connectivity index (χ4v) is 7.45. The highest BCUT2D eigenvalue weighted by Crippen LogP contribution is 2.56. The molecule has 5 atom stereocenters. The molecule has 0 spiro atoms. The largest absolute Gasteiger partial charge is 0.368 e. The summed E-state index contributed by atoms with van der Waals surface area (Å²) >= 11 is 2.04. The molecule has 3 aliphatic heterocycles. The van der Waals surface area contributed by atoms with Crippen molar-refractivity contribution in [1.29, 1.82) is 0 Å². The fourth-order valence-electron chi connectivity index (χ4n) is 6.03. The van der Waals surface area contributed by atoms with E-state index in [4.69, 9.17) is 4.99 Å². The summed E-state index contributed by atoms with van der Waals surface area (Å²) < 4.78 is 28.0. The highest BCUT2D eigenvalue weighted by Gasteiger charge is 2.50. The monoisotopic (exact) mass is 541 g/mol. The SMILES string of the molecule is C/C=C(\C/C(F)=C(/F)CC)C1N=C2C(=CN(Cc3ccc(-c4ccc(C5=CC6CC6S5)cc4)cc3)C3CC23)N1. The standard InChI is InChI=1S/C33H33F2N3S/c1-3-20(13-27(35)26(34)4-2)33-36-28-18-38(29-16-25(29)32(28)37-33)17-19-5-7-21(8-6-19)22-9-11-23(12-10-22)30-14-24-15-31(24)39-30/h3,5-12,14,18,24-25,29,31,33,36H,4,13,15-17H2,1-2H3/b20-3+,27-26-. The molecular weight excluding hydrogens is 508 g/mol.